The second-order valence-corrected chi connectivity index (χ2v) is 7.99. The van der Waals surface area contributed by atoms with Crippen LogP contribution in [0.3, 0.4) is 0 Å². The maximum Gasteiger partial charge on any atom is 0.409 e. The molecule has 1 amide bonds. The summed E-state index contributed by atoms with van der Waals surface area (Å²) < 4.78 is 10.7. The number of aliphatic imine (C=N–C) groups is 1. The average molecular weight is 530 g/mol. The molecular weight excluding hydrogens is 495 g/mol. The molecule has 0 atom stereocenters. The largest absolute Gasteiger partial charge is 0.496 e. The number of likely N-dealkylation sites (tertiary alicyclic amines) is 1. The van der Waals surface area contributed by atoms with Crippen molar-refractivity contribution in [2.24, 2.45) is 10.7 Å². The quantitative estimate of drug-likeness (QED) is 0.333. The molecule has 1 aliphatic carbocycles. The molecule has 0 aromatic heterocycles. The Balaban J connectivity index is 0.00000320. The first kappa shape index (κ1) is 24.6. The van der Waals surface area contributed by atoms with Crippen molar-refractivity contribution in [2.75, 3.05) is 33.4 Å². The van der Waals surface area contributed by atoms with E-state index in [9.17, 15) is 4.79 Å². The van der Waals surface area contributed by atoms with Crippen LogP contribution in [0.2, 0.25) is 0 Å². The number of para-hydroxylation sites is 1. The van der Waals surface area contributed by atoms with Gasteiger partial charge in [0.15, 0.2) is 5.96 Å². The van der Waals surface area contributed by atoms with Gasteiger partial charge in [0.1, 0.15) is 5.75 Å². The first-order chi connectivity index (χ1) is 14.1. The van der Waals surface area contributed by atoms with E-state index in [4.69, 9.17) is 20.2 Å². The predicted octanol–water partition coefficient (Wildman–Crippen LogP) is 3.65. The van der Waals surface area contributed by atoms with Crippen molar-refractivity contribution in [3.05, 3.63) is 29.8 Å². The lowest BCUT2D eigenvalue weighted by Crippen LogP contribution is -2.48. The lowest BCUT2D eigenvalue weighted by molar-refractivity contribution is 0.0963. The molecule has 0 unspecified atom stereocenters. The molecule has 1 aliphatic heterocycles. The van der Waals surface area contributed by atoms with Gasteiger partial charge in [-0.25, -0.2) is 4.79 Å². The van der Waals surface area contributed by atoms with Crippen molar-refractivity contribution in [3.8, 4) is 5.75 Å². The minimum absolute atomic E-state index is 0. The average Bonchev–Trinajstić information content (AvgIpc) is 3.23. The van der Waals surface area contributed by atoms with E-state index in [2.05, 4.69) is 17.4 Å². The molecule has 2 fully saturated rings. The summed E-state index contributed by atoms with van der Waals surface area (Å²) in [4.78, 5) is 18.3. The Hall–Kier alpha value is -1.71. The highest BCUT2D eigenvalue weighted by Gasteiger charge is 2.37. The van der Waals surface area contributed by atoms with Crippen LogP contribution in [-0.4, -0.2) is 56.3 Å². The maximum absolute atomic E-state index is 11.8. The number of nitrogens with zero attached hydrogens (tertiary/aromatic N) is 2. The molecule has 30 heavy (non-hydrogen) atoms. The Morgan fingerprint density at radius 3 is 2.57 bits per heavy atom. The first-order valence-corrected chi connectivity index (χ1v) is 10.7. The van der Waals surface area contributed by atoms with E-state index in [-0.39, 0.29) is 41.5 Å². The Labute approximate surface area is 196 Å². The summed E-state index contributed by atoms with van der Waals surface area (Å²) in [6.45, 7) is 4.24. The maximum atomic E-state index is 11.8. The number of piperidine rings is 1. The summed E-state index contributed by atoms with van der Waals surface area (Å²) >= 11 is 0. The number of methoxy groups -OCH3 is 1. The Morgan fingerprint density at radius 1 is 1.27 bits per heavy atom. The normalized spacial score (nSPS) is 19.1. The zero-order chi connectivity index (χ0) is 20.7. The second-order valence-electron chi connectivity index (χ2n) is 7.99. The number of hydrogen-bond donors (Lipinski definition) is 2. The molecule has 0 bridgehead atoms. The highest BCUT2D eigenvalue weighted by atomic mass is 127. The van der Waals surface area contributed by atoms with Gasteiger partial charge in [0.05, 0.1) is 20.3 Å². The standard InChI is InChI=1S/C22H34N4O3.HI/c1-3-29-21(27)26-14-10-17(11-15-26)25-20(23)24-16-22(12-6-7-13-22)18-8-4-5-9-19(18)28-2;/h4-5,8-9,17H,3,6-7,10-16H2,1-2H3,(H3,23,24,25);1H. The molecule has 2 aliphatic rings. The fourth-order valence-corrected chi connectivity index (χ4v) is 4.56. The molecule has 0 spiro atoms. The number of benzene rings is 1. The number of ether oxygens (including phenoxy) is 2. The van der Waals surface area contributed by atoms with Gasteiger partial charge < -0.3 is 25.4 Å². The van der Waals surface area contributed by atoms with Crippen molar-refractivity contribution >= 4 is 36.0 Å². The fourth-order valence-electron chi connectivity index (χ4n) is 4.56. The van der Waals surface area contributed by atoms with Crippen LogP contribution in [-0.2, 0) is 10.2 Å². The summed E-state index contributed by atoms with van der Waals surface area (Å²) in [5.41, 5.74) is 7.46. The molecule has 168 valence electrons. The van der Waals surface area contributed by atoms with E-state index in [0.29, 0.717) is 32.2 Å². The number of carbonyl (C=O) groups is 1. The van der Waals surface area contributed by atoms with E-state index in [1.54, 1.807) is 12.0 Å². The molecule has 1 aromatic rings. The topological polar surface area (TPSA) is 89.2 Å². The summed E-state index contributed by atoms with van der Waals surface area (Å²) in [7, 11) is 1.73. The van der Waals surface area contributed by atoms with Crippen LogP contribution >= 0.6 is 24.0 Å². The van der Waals surface area contributed by atoms with Crippen molar-refractivity contribution in [2.45, 2.75) is 56.9 Å². The monoisotopic (exact) mass is 530 g/mol. The van der Waals surface area contributed by atoms with Gasteiger partial charge in [-0.2, -0.15) is 0 Å². The van der Waals surface area contributed by atoms with E-state index in [1.807, 2.05) is 19.1 Å². The van der Waals surface area contributed by atoms with Gasteiger partial charge in [-0.3, -0.25) is 4.99 Å². The molecule has 1 saturated carbocycles. The van der Waals surface area contributed by atoms with Crippen LogP contribution in [0, 0.1) is 0 Å². The zero-order valence-corrected chi connectivity index (χ0v) is 20.4. The Bertz CT molecular complexity index is 714. The highest BCUT2D eigenvalue weighted by molar-refractivity contribution is 14.0. The van der Waals surface area contributed by atoms with E-state index >= 15 is 0 Å². The number of nitrogens with two attached hydrogens (primary N) is 1. The van der Waals surface area contributed by atoms with Gasteiger partial charge in [-0.15, -0.1) is 24.0 Å². The van der Waals surface area contributed by atoms with Gasteiger partial charge in [0.25, 0.3) is 0 Å². The third-order valence-electron chi connectivity index (χ3n) is 6.16. The van der Waals surface area contributed by atoms with Crippen LogP contribution in [0.5, 0.6) is 5.75 Å². The molecule has 0 radical (unpaired) electrons. The molecule has 3 rings (SSSR count). The Morgan fingerprint density at radius 2 is 1.93 bits per heavy atom. The van der Waals surface area contributed by atoms with Crippen molar-refractivity contribution in [1.82, 2.24) is 10.2 Å². The molecule has 3 N–H and O–H groups in total. The summed E-state index contributed by atoms with van der Waals surface area (Å²) in [6, 6.07) is 8.50. The number of nitrogens with one attached hydrogen (secondary N) is 1. The van der Waals surface area contributed by atoms with Crippen molar-refractivity contribution in [3.63, 3.8) is 0 Å². The van der Waals surface area contributed by atoms with E-state index in [1.165, 1.54) is 18.4 Å². The van der Waals surface area contributed by atoms with Crippen molar-refractivity contribution < 1.29 is 14.3 Å². The third kappa shape index (κ3) is 5.92. The van der Waals surface area contributed by atoms with E-state index in [0.717, 1.165) is 31.4 Å². The minimum atomic E-state index is -0.229. The van der Waals surface area contributed by atoms with Crippen molar-refractivity contribution in [1.29, 1.82) is 0 Å². The summed E-state index contributed by atoms with van der Waals surface area (Å²) in [6.07, 6.45) is 6.05. The smallest absolute Gasteiger partial charge is 0.409 e. The zero-order valence-electron chi connectivity index (χ0n) is 18.1. The Kier molecular flexibility index (Phi) is 9.51. The summed E-state index contributed by atoms with van der Waals surface area (Å²) in [5, 5.41) is 3.35. The number of rotatable bonds is 6. The molecule has 8 heteroatoms. The van der Waals surface area contributed by atoms with Gasteiger partial charge in [0, 0.05) is 30.1 Å². The third-order valence-corrected chi connectivity index (χ3v) is 6.16. The number of carbonyl (C=O) groups excluding carboxylic acids is 1. The molecular formula is C22H35IN4O3. The SMILES string of the molecule is CCOC(=O)N1CCC(NC(N)=NCC2(c3ccccc3OC)CCCC2)CC1.I. The van der Waals surface area contributed by atoms with Gasteiger partial charge in [-0.1, -0.05) is 31.0 Å². The molecule has 7 nitrogen and oxygen atoms in total. The van der Waals surface area contributed by atoms with Crippen LogP contribution in [0.25, 0.3) is 0 Å². The van der Waals surface area contributed by atoms with Gasteiger partial charge in [0.2, 0.25) is 0 Å². The van der Waals surface area contributed by atoms with E-state index < -0.39 is 0 Å². The number of amides is 1. The highest BCUT2D eigenvalue weighted by Crippen LogP contribution is 2.44. The lowest BCUT2D eigenvalue weighted by atomic mass is 9.78. The second kappa shape index (κ2) is 11.6. The first-order valence-electron chi connectivity index (χ1n) is 10.7. The molecule has 1 aromatic carbocycles. The van der Waals surface area contributed by atoms with Gasteiger partial charge in [-0.05, 0) is 38.7 Å². The summed E-state index contributed by atoms with van der Waals surface area (Å²) in [5.74, 6) is 1.42. The van der Waals surface area contributed by atoms with Crippen LogP contribution in [0.15, 0.2) is 29.3 Å². The van der Waals surface area contributed by atoms with Crippen LogP contribution < -0.4 is 15.8 Å². The number of guanidine groups is 1. The van der Waals surface area contributed by atoms with Crippen LogP contribution in [0.1, 0.15) is 51.0 Å². The van der Waals surface area contributed by atoms with Gasteiger partial charge >= 0.3 is 6.09 Å². The molecule has 1 saturated heterocycles. The fraction of sp³-hybridized carbons (Fsp3) is 0.636. The lowest BCUT2D eigenvalue weighted by Gasteiger charge is -2.32. The number of hydrogen-bond acceptors (Lipinski definition) is 4. The molecule has 1 heterocycles. The minimum Gasteiger partial charge on any atom is -0.496 e. The predicted molar refractivity (Wildman–Crippen MR) is 130 cm³/mol. The van der Waals surface area contributed by atoms with Crippen LogP contribution in [0.4, 0.5) is 4.79 Å². The number of halogens is 1.